The van der Waals surface area contributed by atoms with Gasteiger partial charge in [0.05, 0.1) is 27.0 Å². The van der Waals surface area contributed by atoms with E-state index >= 15 is 0 Å². The second-order valence-corrected chi connectivity index (χ2v) is 9.29. The molecule has 0 heterocycles. The average Bonchev–Trinajstić information content (AvgIpc) is 2.91. The molecule has 0 saturated heterocycles. The molecule has 0 radical (unpaired) electrons. The monoisotopic (exact) mass is 537 g/mol. The second kappa shape index (κ2) is 10.7. The Balaban J connectivity index is 1.70. The third kappa shape index (κ3) is 5.51. The van der Waals surface area contributed by atoms with Crippen molar-refractivity contribution in [2.45, 2.75) is 4.90 Å². The van der Waals surface area contributed by atoms with Gasteiger partial charge in [0.15, 0.2) is 17.2 Å². The molecule has 0 unspecified atom stereocenters. The zero-order valence-electron chi connectivity index (χ0n) is 20.5. The van der Waals surface area contributed by atoms with Gasteiger partial charge in [-0.05, 0) is 72.1 Å². The van der Waals surface area contributed by atoms with Crippen molar-refractivity contribution >= 4 is 43.9 Å². The molecule has 0 aromatic heterocycles. The van der Waals surface area contributed by atoms with E-state index in [1.807, 2.05) is 0 Å². The number of amides is 1. The van der Waals surface area contributed by atoms with Crippen molar-refractivity contribution < 1.29 is 37.1 Å². The average molecular weight is 538 g/mol. The second-order valence-electron chi connectivity index (χ2n) is 7.90. The van der Waals surface area contributed by atoms with Crippen LogP contribution in [0, 0.1) is 0 Å². The summed E-state index contributed by atoms with van der Waals surface area (Å²) in [7, 11) is -0.361. The fraction of sp³-hybridized carbons (Fsp3) is 0.115. The van der Waals surface area contributed by atoms with Gasteiger partial charge in [-0.2, -0.15) is 13.5 Å². The fourth-order valence-corrected chi connectivity index (χ4v) is 4.32. The molecule has 0 spiro atoms. The standard InChI is InChI=1S/C26H23N3O8S/c1-35-19-8-5-17(6-9-19)28-29-24-23(38(32,33)34)14-16-12-18(7-10-20(16)25(24)30)27-26(31)15-4-11-21(36-2)22(13-15)37-3/h4-14,30H,1-3H3,(H,27,31)(H,32,33,34). The van der Waals surface area contributed by atoms with Crippen LogP contribution in [0.15, 0.2) is 81.9 Å². The van der Waals surface area contributed by atoms with Crippen LogP contribution in [0.1, 0.15) is 10.4 Å². The van der Waals surface area contributed by atoms with E-state index in [9.17, 15) is 22.9 Å². The summed E-state index contributed by atoms with van der Waals surface area (Å²) in [6, 6.07) is 16.7. The van der Waals surface area contributed by atoms with Crippen LogP contribution >= 0.6 is 0 Å². The van der Waals surface area contributed by atoms with E-state index in [-0.39, 0.29) is 10.8 Å². The summed E-state index contributed by atoms with van der Waals surface area (Å²) >= 11 is 0. The summed E-state index contributed by atoms with van der Waals surface area (Å²) in [6.45, 7) is 0. The first kappa shape index (κ1) is 26.4. The number of aromatic hydroxyl groups is 1. The van der Waals surface area contributed by atoms with Gasteiger partial charge in [-0.3, -0.25) is 9.35 Å². The molecular formula is C26H23N3O8S. The minimum Gasteiger partial charge on any atom is -0.505 e. The molecule has 38 heavy (non-hydrogen) atoms. The first-order valence-corrected chi connectivity index (χ1v) is 12.4. The van der Waals surface area contributed by atoms with E-state index < -0.39 is 32.4 Å². The maximum absolute atomic E-state index is 12.8. The third-order valence-corrected chi connectivity index (χ3v) is 6.44. The highest BCUT2D eigenvalue weighted by atomic mass is 32.2. The number of phenolic OH excluding ortho intramolecular Hbond substituents is 1. The first-order chi connectivity index (χ1) is 18.1. The van der Waals surface area contributed by atoms with Crippen LogP contribution < -0.4 is 19.5 Å². The molecule has 0 aliphatic heterocycles. The highest BCUT2D eigenvalue weighted by Crippen LogP contribution is 2.42. The van der Waals surface area contributed by atoms with Crippen LogP contribution in [0.25, 0.3) is 10.8 Å². The van der Waals surface area contributed by atoms with E-state index in [0.717, 1.165) is 6.07 Å². The Morgan fingerprint density at radius 1 is 0.842 bits per heavy atom. The SMILES string of the molecule is COc1ccc(N=Nc2c(S(=O)(=O)O)cc3cc(NC(=O)c4ccc(OC)c(OC)c4)ccc3c2O)cc1. The molecule has 12 heteroatoms. The number of ether oxygens (including phenoxy) is 3. The number of nitrogens with one attached hydrogen (secondary N) is 1. The Labute approximate surface area is 218 Å². The molecule has 4 aromatic carbocycles. The van der Waals surface area contributed by atoms with Crippen LogP contribution in [0.4, 0.5) is 17.1 Å². The summed E-state index contributed by atoms with van der Waals surface area (Å²) in [5.41, 5.74) is 0.529. The Morgan fingerprint density at radius 2 is 1.55 bits per heavy atom. The molecular weight excluding hydrogens is 514 g/mol. The van der Waals surface area contributed by atoms with E-state index in [4.69, 9.17) is 14.2 Å². The Bertz CT molecular complexity index is 1650. The Morgan fingerprint density at radius 3 is 2.18 bits per heavy atom. The minimum absolute atomic E-state index is 0.226. The minimum atomic E-state index is -4.80. The lowest BCUT2D eigenvalue weighted by molar-refractivity contribution is 0.102. The summed E-state index contributed by atoms with van der Waals surface area (Å²) in [6.07, 6.45) is 0. The van der Waals surface area contributed by atoms with Gasteiger partial charge in [0.1, 0.15) is 16.3 Å². The summed E-state index contributed by atoms with van der Waals surface area (Å²) in [4.78, 5) is 12.1. The number of fused-ring (bicyclic) bond motifs is 1. The molecule has 0 atom stereocenters. The number of azo groups is 1. The Hall–Kier alpha value is -4.68. The predicted molar refractivity (Wildman–Crippen MR) is 140 cm³/mol. The van der Waals surface area contributed by atoms with Gasteiger partial charge in [-0.15, -0.1) is 5.11 Å². The highest BCUT2D eigenvalue weighted by molar-refractivity contribution is 7.86. The van der Waals surface area contributed by atoms with E-state index in [1.54, 1.807) is 36.4 Å². The number of phenols is 1. The molecule has 0 aliphatic rings. The molecule has 11 nitrogen and oxygen atoms in total. The molecule has 0 fully saturated rings. The lowest BCUT2D eigenvalue weighted by Crippen LogP contribution is -2.12. The zero-order chi connectivity index (χ0) is 27.4. The summed E-state index contributed by atoms with van der Waals surface area (Å²) in [5.74, 6) is 0.449. The summed E-state index contributed by atoms with van der Waals surface area (Å²) in [5, 5.41) is 21.9. The van der Waals surface area contributed by atoms with Crippen molar-refractivity contribution in [2.75, 3.05) is 26.6 Å². The van der Waals surface area contributed by atoms with Gasteiger partial charge >= 0.3 is 0 Å². The quantitative estimate of drug-likeness (QED) is 0.197. The van der Waals surface area contributed by atoms with Gasteiger partial charge in [0.25, 0.3) is 16.0 Å². The van der Waals surface area contributed by atoms with Crippen molar-refractivity contribution in [3.8, 4) is 23.0 Å². The molecule has 1 amide bonds. The number of carbonyl (C=O) groups is 1. The van der Waals surface area contributed by atoms with Gasteiger partial charge < -0.3 is 24.6 Å². The maximum atomic E-state index is 12.8. The molecule has 4 rings (SSSR count). The number of hydrogen-bond acceptors (Lipinski definition) is 9. The fourth-order valence-electron chi connectivity index (χ4n) is 3.66. The zero-order valence-corrected chi connectivity index (χ0v) is 21.3. The molecule has 0 saturated carbocycles. The Kier molecular flexibility index (Phi) is 7.46. The van der Waals surface area contributed by atoms with Crippen LogP contribution in [-0.4, -0.2) is 45.3 Å². The number of benzene rings is 4. The van der Waals surface area contributed by atoms with Gasteiger partial charge in [-0.1, -0.05) is 0 Å². The third-order valence-electron chi connectivity index (χ3n) is 5.57. The number of methoxy groups -OCH3 is 3. The lowest BCUT2D eigenvalue weighted by Gasteiger charge is -2.12. The molecule has 0 bridgehead atoms. The number of anilines is 1. The highest BCUT2D eigenvalue weighted by Gasteiger charge is 2.22. The van der Waals surface area contributed by atoms with E-state index in [1.165, 1.54) is 45.6 Å². The van der Waals surface area contributed by atoms with Crippen LogP contribution in [0.3, 0.4) is 0 Å². The van der Waals surface area contributed by atoms with Crippen LogP contribution in [-0.2, 0) is 10.1 Å². The molecule has 0 aliphatic carbocycles. The van der Waals surface area contributed by atoms with Gasteiger partial charge in [0.2, 0.25) is 0 Å². The largest absolute Gasteiger partial charge is 0.505 e. The van der Waals surface area contributed by atoms with Gasteiger partial charge in [-0.25, -0.2) is 0 Å². The van der Waals surface area contributed by atoms with Crippen molar-refractivity contribution in [2.24, 2.45) is 10.2 Å². The summed E-state index contributed by atoms with van der Waals surface area (Å²) < 4.78 is 49.6. The molecule has 4 aromatic rings. The number of nitrogens with zero attached hydrogens (tertiary/aromatic N) is 2. The smallest absolute Gasteiger partial charge is 0.296 e. The van der Waals surface area contributed by atoms with Crippen molar-refractivity contribution in [1.29, 1.82) is 0 Å². The number of rotatable bonds is 8. The normalized spacial score (nSPS) is 11.5. The van der Waals surface area contributed by atoms with Crippen LogP contribution in [0.5, 0.6) is 23.0 Å². The number of carbonyl (C=O) groups excluding carboxylic acids is 1. The van der Waals surface area contributed by atoms with Crippen molar-refractivity contribution in [1.82, 2.24) is 0 Å². The predicted octanol–water partition coefficient (Wildman–Crippen LogP) is 5.49. The first-order valence-electron chi connectivity index (χ1n) is 11.0. The molecule has 3 N–H and O–H groups in total. The van der Waals surface area contributed by atoms with Crippen LogP contribution in [0.2, 0.25) is 0 Å². The van der Waals surface area contributed by atoms with Gasteiger partial charge in [0, 0.05) is 16.6 Å². The van der Waals surface area contributed by atoms with E-state index in [0.29, 0.717) is 34.2 Å². The lowest BCUT2D eigenvalue weighted by atomic mass is 10.1. The maximum Gasteiger partial charge on any atom is 0.296 e. The number of hydrogen-bond donors (Lipinski definition) is 3. The van der Waals surface area contributed by atoms with E-state index in [2.05, 4.69) is 15.5 Å². The van der Waals surface area contributed by atoms with Crippen molar-refractivity contribution in [3.63, 3.8) is 0 Å². The van der Waals surface area contributed by atoms with Crippen molar-refractivity contribution in [3.05, 3.63) is 72.3 Å². The molecule has 196 valence electrons. The topological polar surface area (TPSA) is 156 Å².